The monoisotopic (exact) mass is 406 g/mol. The third-order valence-corrected chi connectivity index (χ3v) is 5.23. The molecule has 2 aromatic heterocycles. The highest BCUT2D eigenvalue weighted by Gasteiger charge is 2.23. The van der Waals surface area contributed by atoms with E-state index >= 15 is 0 Å². The quantitative estimate of drug-likeness (QED) is 0.443. The number of H-pyrrole nitrogens is 1. The first-order valence-electron chi connectivity index (χ1n) is 10.1. The summed E-state index contributed by atoms with van der Waals surface area (Å²) in [7, 11) is 4.07. The number of aromatic nitrogens is 5. The van der Waals surface area contributed by atoms with Crippen LogP contribution >= 0.6 is 0 Å². The molecule has 0 fully saturated rings. The minimum absolute atomic E-state index is 0.625. The lowest BCUT2D eigenvalue weighted by Gasteiger charge is -2.13. The van der Waals surface area contributed by atoms with E-state index in [0.717, 1.165) is 39.6 Å². The minimum Gasteiger partial charge on any atom is -0.378 e. The van der Waals surface area contributed by atoms with Crippen molar-refractivity contribution in [2.24, 2.45) is 0 Å². The van der Waals surface area contributed by atoms with Gasteiger partial charge in [0, 0.05) is 36.5 Å². The zero-order valence-corrected chi connectivity index (χ0v) is 17.4. The standard InChI is InChI=1S/C25H22N6/c1-30(2)21-15-13-20(14-16-21)24-28-22(18-9-5-3-6-10-18)23(19-11-7-4-8-12-19)31(24)25-26-17-27-29-25/h3-17H,1-2H3,(H,26,27,29). The van der Waals surface area contributed by atoms with Gasteiger partial charge in [-0.25, -0.2) is 10.1 Å². The van der Waals surface area contributed by atoms with Crippen molar-refractivity contribution in [2.45, 2.75) is 0 Å². The molecular formula is C25H22N6. The van der Waals surface area contributed by atoms with Gasteiger partial charge in [0.05, 0.1) is 11.4 Å². The number of benzene rings is 3. The highest BCUT2D eigenvalue weighted by atomic mass is 15.3. The van der Waals surface area contributed by atoms with E-state index in [4.69, 9.17) is 4.98 Å². The second-order valence-electron chi connectivity index (χ2n) is 7.45. The second kappa shape index (κ2) is 7.91. The first-order valence-corrected chi connectivity index (χ1v) is 10.1. The Morgan fingerprint density at radius 2 is 1.39 bits per heavy atom. The molecular weight excluding hydrogens is 384 g/mol. The highest BCUT2D eigenvalue weighted by Crippen LogP contribution is 2.37. The normalized spacial score (nSPS) is 10.9. The molecule has 0 aliphatic rings. The van der Waals surface area contributed by atoms with Gasteiger partial charge in [-0.05, 0) is 24.3 Å². The predicted molar refractivity (Wildman–Crippen MR) is 124 cm³/mol. The summed E-state index contributed by atoms with van der Waals surface area (Å²) in [5.74, 6) is 1.43. The zero-order chi connectivity index (χ0) is 21.2. The molecule has 0 saturated heterocycles. The number of nitrogens with one attached hydrogen (secondary N) is 1. The summed E-state index contributed by atoms with van der Waals surface area (Å²) < 4.78 is 2.05. The Morgan fingerprint density at radius 3 is 1.97 bits per heavy atom. The molecule has 0 bridgehead atoms. The summed E-state index contributed by atoms with van der Waals surface area (Å²) in [6.07, 6.45) is 1.52. The van der Waals surface area contributed by atoms with E-state index in [1.54, 1.807) is 0 Å². The summed E-state index contributed by atoms with van der Waals surface area (Å²) in [4.78, 5) is 11.7. The topological polar surface area (TPSA) is 62.6 Å². The molecule has 0 amide bonds. The molecule has 0 spiro atoms. The smallest absolute Gasteiger partial charge is 0.231 e. The Labute approximate surface area is 180 Å². The molecule has 5 aromatic rings. The van der Waals surface area contributed by atoms with Crippen molar-refractivity contribution in [3.8, 4) is 39.9 Å². The third kappa shape index (κ3) is 3.48. The second-order valence-corrected chi connectivity index (χ2v) is 7.45. The summed E-state index contributed by atoms with van der Waals surface area (Å²) >= 11 is 0. The van der Waals surface area contributed by atoms with E-state index < -0.39 is 0 Å². The molecule has 0 saturated carbocycles. The Morgan fingerprint density at radius 1 is 0.742 bits per heavy atom. The average Bonchev–Trinajstić information content (AvgIpc) is 3.48. The number of hydrogen-bond acceptors (Lipinski definition) is 4. The van der Waals surface area contributed by atoms with Crippen molar-refractivity contribution >= 4 is 5.69 Å². The van der Waals surface area contributed by atoms with Gasteiger partial charge in [-0.15, -0.1) is 0 Å². The van der Waals surface area contributed by atoms with E-state index in [-0.39, 0.29) is 0 Å². The Balaban J connectivity index is 1.82. The number of anilines is 1. The van der Waals surface area contributed by atoms with Crippen molar-refractivity contribution in [1.82, 2.24) is 24.7 Å². The number of imidazole rings is 1. The van der Waals surface area contributed by atoms with Gasteiger partial charge in [0.15, 0.2) is 0 Å². The molecule has 2 heterocycles. The summed E-state index contributed by atoms with van der Waals surface area (Å²) in [6, 6.07) is 28.9. The van der Waals surface area contributed by atoms with Gasteiger partial charge in [0.25, 0.3) is 0 Å². The Bertz CT molecular complexity index is 1270. The maximum absolute atomic E-state index is 5.12. The minimum atomic E-state index is 0.625. The molecule has 0 unspecified atom stereocenters. The van der Waals surface area contributed by atoms with Crippen LogP contribution < -0.4 is 4.90 Å². The number of nitrogens with zero attached hydrogens (tertiary/aromatic N) is 5. The van der Waals surface area contributed by atoms with Crippen LogP contribution in [0.4, 0.5) is 5.69 Å². The van der Waals surface area contributed by atoms with Crippen LogP contribution in [0.3, 0.4) is 0 Å². The van der Waals surface area contributed by atoms with Gasteiger partial charge in [-0.1, -0.05) is 60.7 Å². The lowest BCUT2D eigenvalue weighted by atomic mass is 10.0. The summed E-state index contributed by atoms with van der Waals surface area (Å²) in [5.41, 5.74) is 6.10. The van der Waals surface area contributed by atoms with Crippen LogP contribution in [-0.4, -0.2) is 38.8 Å². The lowest BCUT2D eigenvalue weighted by Crippen LogP contribution is -2.08. The molecule has 0 atom stereocenters. The van der Waals surface area contributed by atoms with E-state index in [0.29, 0.717) is 5.95 Å². The third-order valence-electron chi connectivity index (χ3n) is 5.23. The molecule has 6 nitrogen and oxygen atoms in total. The first-order chi connectivity index (χ1) is 15.2. The first kappa shape index (κ1) is 18.8. The average molecular weight is 406 g/mol. The van der Waals surface area contributed by atoms with Crippen molar-refractivity contribution in [2.75, 3.05) is 19.0 Å². The Hall–Kier alpha value is -4.19. The largest absolute Gasteiger partial charge is 0.378 e. The van der Waals surface area contributed by atoms with Crippen LogP contribution in [0.1, 0.15) is 0 Å². The van der Waals surface area contributed by atoms with Crippen LogP contribution in [0.2, 0.25) is 0 Å². The molecule has 152 valence electrons. The molecule has 6 heteroatoms. The predicted octanol–water partition coefficient (Wildman–Crippen LogP) is 5.06. The van der Waals surface area contributed by atoms with Crippen LogP contribution in [0.15, 0.2) is 91.3 Å². The maximum atomic E-state index is 5.12. The number of aromatic amines is 1. The highest BCUT2D eigenvalue weighted by molar-refractivity contribution is 5.83. The molecule has 5 rings (SSSR count). The lowest BCUT2D eigenvalue weighted by molar-refractivity contribution is 0.944. The van der Waals surface area contributed by atoms with Crippen LogP contribution in [-0.2, 0) is 0 Å². The maximum Gasteiger partial charge on any atom is 0.231 e. The summed E-state index contributed by atoms with van der Waals surface area (Å²) in [5, 5.41) is 7.12. The molecule has 0 aliphatic carbocycles. The van der Waals surface area contributed by atoms with Crippen molar-refractivity contribution in [1.29, 1.82) is 0 Å². The molecule has 0 aliphatic heterocycles. The zero-order valence-electron chi connectivity index (χ0n) is 17.4. The Kier molecular flexibility index (Phi) is 4.80. The summed E-state index contributed by atoms with van der Waals surface area (Å²) in [6.45, 7) is 0. The van der Waals surface area contributed by atoms with E-state index in [1.165, 1.54) is 6.33 Å². The van der Waals surface area contributed by atoms with Crippen LogP contribution in [0.5, 0.6) is 0 Å². The number of rotatable bonds is 5. The van der Waals surface area contributed by atoms with Gasteiger partial charge in [0.2, 0.25) is 5.95 Å². The molecule has 3 aromatic carbocycles. The van der Waals surface area contributed by atoms with Crippen molar-refractivity contribution in [3.63, 3.8) is 0 Å². The molecule has 1 N–H and O–H groups in total. The molecule has 31 heavy (non-hydrogen) atoms. The van der Waals surface area contributed by atoms with Crippen molar-refractivity contribution < 1.29 is 0 Å². The fourth-order valence-electron chi connectivity index (χ4n) is 3.70. The van der Waals surface area contributed by atoms with Crippen LogP contribution in [0.25, 0.3) is 39.9 Å². The molecule has 0 radical (unpaired) electrons. The van der Waals surface area contributed by atoms with Crippen molar-refractivity contribution in [3.05, 3.63) is 91.3 Å². The van der Waals surface area contributed by atoms with Gasteiger partial charge in [-0.2, -0.15) is 10.1 Å². The fraction of sp³-hybridized carbons (Fsp3) is 0.0800. The van der Waals surface area contributed by atoms with Gasteiger partial charge < -0.3 is 4.90 Å². The van der Waals surface area contributed by atoms with Gasteiger partial charge in [-0.3, -0.25) is 4.57 Å². The van der Waals surface area contributed by atoms with Gasteiger partial charge >= 0.3 is 0 Å². The van der Waals surface area contributed by atoms with Gasteiger partial charge in [0.1, 0.15) is 12.2 Å². The SMILES string of the molecule is CN(C)c1ccc(-c2nc(-c3ccccc3)c(-c3ccccc3)n2-c2ncn[nH]2)cc1. The van der Waals surface area contributed by atoms with E-state index in [2.05, 4.69) is 73.2 Å². The van der Waals surface area contributed by atoms with E-state index in [1.807, 2.05) is 50.5 Å². The van der Waals surface area contributed by atoms with Crippen LogP contribution in [0, 0.1) is 0 Å². The fourth-order valence-corrected chi connectivity index (χ4v) is 3.70. The number of hydrogen-bond donors (Lipinski definition) is 1. The van der Waals surface area contributed by atoms with E-state index in [9.17, 15) is 0 Å².